The first-order valence-corrected chi connectivity index (χ1v) is 9.23. The lowest BCUT2D eigenvalue weighted by Crippen LogP contribution is -2.24. The van der Waals surface area contributed by atoms with Crippen molar-refractivity contribution in [3.63, 3.8) is 0 Å². The maximum atomic E-state index is 11.9. The van der Waals surface area contributed by atoms with E-state index in [4.69, 9.17) is 21.1 Å². The van der Waals surface area contributed by atoms with Gasteiger partial charge in [-0.3, -0.25) is 0 Å². The average Bonchev–Trinajstić information content (AvgIpc) is 2.74. The van der Waals surface area contributed by atoms with Crippen molar-refractivity contribution in [3.8, 4) is 11.5 Å². The summed E-state index contributed by atoms with van der Waals surface area (Å²) >= 11 is 5.92. The number of amides is 2. The third-order valence-corrected chi connectivity index (χ3v) is 4.18. The largest absolute Gasteiger partial charge is 0.493 e. The van der Waals surface area contributed by atoms with Crippen LogP contribution in [0.4, 0.5) is 10.5 Å². The molecule has 0 aliphatic rings. The first-order valence-electron chi connectivity index (χ1n) is 8.85. The molecule has 3 aromatic rings. The molecule has 29 heavy (non-hydrogen) atoms. The number of carbonyl (C=O) groups is 1. The summed E-state index contributed by atoms with van der Waals surface area (Å²) in [7, 11) is 1.57. The molecule has 0 aliphatic carbocycles. The maximum Gasteiger partial charge on any atom is 0.339 e. The Hall–Kier alpha value is -3.51. The Kier molecular flexibility index (Phi) is 7.08. The molecule has 0 unspecified atom stereocenters. The summed E-state index contributed by atoms with van der Waals surface area (Å²) < 4.78 is 11.3. The molecule has 0 aromatic heterocycles. The zero-order valence-corrected chi connectivity index (χ0v) is 16.5. The van der Waals surface area contributed by atoms with E-state index in [1.54, 1.807) is 37.4 Å². The molecule has 2 N–H and O–H groups in total. The molecule has 0 atom stereocenters. The quantitative estimate of drug-likeness (QED) is 0.422. The van der Waals surface area contributed by atoms with E-state index in [1.165, 1.54) is 6.21 Å². The fourth-order valence-electron chi connectivity index (χ4n) is 2.53. The van der Waals surface area contributed by atoms with Crippen LogP contribution < -0.4 is 20.2 Å². The Morgan fingerprint density at radius 3 is 2.52 bits per heavy atom. The molecule has 2 amide bonds. The summed E-state index contributed by atoms with van der Waals surface area (Å²) in [5, 5.41) is 7.35. The van der Waals surface area contributed by atoms with Gasteiger partial charge in [0.1, 0.15) is 6.61 Å². The summed E-state index contributed by atoms with van der Waals surface area (Å²) in [6, 6.07) is 21.5. The number of halogens is 1. The molecule has 7 heteroatoms. The van der Waals surface area contributed by atoms with Gasteiger partial charge in [-0.15, -0.1) is 0 Å². The molecule has 0 spiro atoms. The molecule has 3 rings (SSSR count). The van der Waals surface area contributed by atoms with Crippen molar-refractivity contribution in [2.24, 2.45) is 5.10 Å². The number of urea groups is 1. The normalized spacial score (nSPS) is 10.6. The molecule has 0 saturated heterocycles. The monoisotopic (exact) mass is 409 g/mol. The van der Waals surface area contributed by atoms with Crippen LogP contribution in [0.5, 0.6) is 11.5 Å². The van der Waals surface area contributed by atoms with Gasteiger partial charge in [-0.1, -0.05) is 48.0 Å². The lowest BCUT2D eigenvalue weighted by Gasteiger charge is -2.13. The molecule has 0 heterocycles. The first kappa shape index (κ1) is 20.2. The van der Waals surface area contributed by atoms with Crippen LogP contribution in [-0.2, 0) is 6.61 Å². The predicted octanol–water partition coefficient (Wildman–Crippen LogP) is 5.08. The highest BCUT2D eigenvalue weighted by molar-refractivity contribution is 6.30. The van der Waals surface area contributed by atoms with Crippen molar-refractivity contribution in [3.05, 3.63) is 88.9 Å². The molecule has 6 nitrogen and oxygen atoms in total. The van der Waals surface area contributed by atoms with Crippen LogP contribution in [0.25, 0.3) is 0 Å². The number of nitrogens with one attached hydrogen (secondary N) is 2. The van der Waals surface area contributed by atoms with Gasteiger partial charge >= 0.3 is 6.03 Å². The van der Waals surface area contributed by atoms with Gasteiger partial charge in [-0.2, -0.15) is 5.10 Å². The number of para-hydroxylation sites is 2. The van der Waals surface area contributed by atoms with Gasteiger partial charge in [0.05, 0.1) is 13.3 Å². The summed E-state index contributed by atoms with van der Waals surface area (Å²) in [6.45, 7) is 0.334. The summed E-state index contributed by atoms with van der Waals surface area (Å²) in [6.07, 6.45) is 1.50. The van der Waals surface area contributed by atoms with Gasteiger partial charge in [0, 0.05) is 16.3 Å². The summed E-state index contributed by atoms with van der Waals surface area (Å²) in [5.41, 5.74) is 4.73. The van der Waals surface area contributed by atoms with E-state index in [1.807, 2.05) is 42.5 Å². The van der Waals surface area contributed by atoms with Crippen LogP contribution in [0.15, 0.2) is 77.9 Å². The van der Waals surface area contributed by atoms with Gasteiger partial charge in [0.15, 0.2) is 11.5 Å². The van der Waals surface area contributed by atoms with Gasteiger partial charge in [0.25, 0.3) is 0 Å². The van der Waals surface area contributed by atoms with E-state index >= 15 is 0 Å². The van der Waals surface area contributed by atoms with E-state index in [0.717, 1.165) is 5.56 Å². The maximum absolute atomic E-state index is 11.9. The predicted molar refractivity (Wildman–Crippen MR) is 115 cm³/mol. The number of nitrogens with zero attached hydrogens (tertiary/aromatic N) is 1. The zero-order valence-electron chi connectivity index (χ0n) is 15.8. The van der Waals surface area contributed by atoms with Gasteiger partial charge in [0.2, 0.25) is 0 Å². The zero-order chi connectivity index (χ0) is 20.5. The van der Waals surface area contributed by atoms with Crippen molar-refractivity contribution < 1.29 is 14.3 Å². The van der Waals surface area contributed by atoms with Crippen molar-refractivity contribution in [2.45, 2.75) is 6.61 Å². The van der Waals surface area contributed by atoms with Crippen molar-refractivity contribution in [1.82, 2.24) is 5.43 Å². The number of hydrazone groups is 1. The summed E-state index contributed by atoms with van der Waals surface area (Å²) in [5.74, 6) is 1.09. The van der Waals surface area contributed by atoms with Crippen molar-refractivity contribution in [1.29, 1.82) is 0 Å². The van der Waals surface area contributed by atoms with Crippen LogP contribution in [0.2, 0.25) is 5.02 Å². The topological polar surface area (TPSA) is 72.0 Å². The van der Waals surface area contributed by atoms with Crippen LogP contribution >= 0.6 is 11.6 Å². The third kappa shape index (κ3) is 5.99. The highest BCUT2D eigenvalue weighted by Crippen LogP contribution is 2.31. The molecule has 0 fully saturated rings. The fraction of sp³-hybridized carbons (Fsp3) is 0.0909. The molecule has 148 valence electrons. The Bertz CT molecular complexity index is 976. The van der Waals surface area contributed by atoms with E-state index < -0.39 is 6.03 Å². The van der Waals surface area contributed by atoms with Crippen molar-refractivity contribution >= 4 is 29.5 Å². The number of hydrogen-bond acceptors (Lipinski definition) is 4. The van der Waals surface area contributed by atoms with Crippen LogP contribution in [0, 0.1) is 0 Å². The van der Waals surface area contributed by atoms with Crippen LogP contribution in [0.1, 0.15) is 11.1 Å². The minimum absolute atomic E-state index is 0.334. The number of ether oxygens (including phenoxy) is 2. The van der Waals surface area contributed by atoms with Crippen LogP contribution in [0.3, 0.4) is 0 Å². The second-order valence-corrected chi connectivity index (χ2v) is 6.42. The van der Waals surface area contributed by atoms with E-state index in [9.17, 15) is 4.79 Å². The lowest BCUT2D eigenvalue weighted by atomic mass is 10.2. The minimum Gasteiger partial charge on any atom is -0.493 e. The molecule has 0 saturated carbocycles. The Morgan fingerprint density at radius 1 is 1.03 bits per heavy atom. The first-order chi connectivity index (χ1) is 14.2. The molecule has 0 bridgehead atoms. The van der Waals surface area contributed by atoms with E-state index in [-0.39, 0.29) is 0 Å². The number of anilines is 1. The van der Waals surface area contributed by atoms with Gasteiger partial charge in [-0.25, -0.2) is 10.2 Å². The highest BCUT2D eigenvalue weighted by Gasteiger charge is 2.10. The Labute approximate surface area is 174 Å². The Balaban J connectivity index is 1.67. The second-order valence-electron chi connectivity index (χ2n) is 5.98. The number of carbonyl (C=O) groups excluding carboxylic acids is 1. The molecular weight excluding hydrogens is 390 g/mol. The molecular formula is C22H20ClN3O3. The second kappa shape index (κ2) is 10.1. The number of hydrogen-bond donors (Lipinski definition) is 2. The lowest BCUT2D eigenvalue weighted by molar-refractivity contribution is 0.252. The smallest absolute Gasteiger partial charge is 0.339 e. The minimum atomic E-state index is -0.445. The molecule has 3 aromatic carbocycles. The summed E-state index contributed by atoms with van der Waals surface area (Å²) in [4.78, 5) is 11.9. The number of methoxy groups -OCH3 is 1. The van der Waals surface area contributed by atoms with Gasteiger partial charge in [-0.05, 0) is 42.0 Å². The third-order valence-electron chi connectivity index (χ3n) is 3.93. The molecule has 0 radical (unpaired) electrons. The fourth-order valence-corrected chi connectivity index (χ4v) is 2.65. The number of benzene rings is 3. The van der Waals surface area contributed by atoms with E-state index in [2.05, 4.69) is 15.8 Å². The number of rotatable bonds is 7. The SMILES string of the molecule is COc1cccc(/C=N/NC(=O)Nc2ccccc2)c1OCc1ccc(Cl)cc1. The van der Waals surface area contributed by atoms with E-state index in [0.29, 0.717) is 34.4 Å². The Morgan fingerprint density at radius 2 is 1.79 bits per heavy atom. The van der Waals surface area contributed by atoms with Gasteiger partial charge < -0.3 is 14.8 Å². The average molecular weight is 410 g/mol. The van der Waals surface area contributed by atoms with Crippen LogP contribution in [-0.4, -0.2) is 19.4 Å². The standard InChI is InChI=1S/C22H20ClN3O3/c1-28-20-9-5-6-17(21(20)29-15-16-10-12-18(23)13-11-16)14-24-26-22(27)25-19-7-3-2-4-8-19/h2-14H,15H2,1H3,(H2,25,26,27)/b24-14+. The van der Waals surface area contributed by atoms with Crippen molar-refractivity contribution in [2.75, 3.05) is 12.4 Å². The molecule has 0 aliphatic heterocycles. The highest BCUT2D eigenvalue weighted by atomic mass is 35.5.